The van der Waals surface area contributed by atoms with E-state index in [1.165, 1.54) is 0 Å². The minimum atomic E-state index is -4.93. The van der Waals surface area contributed by atoms with Crippen molar-refractivity contribution in [3.63, 3.8) is 0 Å². The van der Waals surface area contributed by atoms with Crippen LogP contribution < -0.4 is 0 Å². The highest BCUT2D eigenvalue weighted by Gasteiger charge is 2.40. The van der Waals surface area contributed by atoms with Crippen LogP contribution in [0.2, 0.25) is 5.82 Å². The van der Waals surface area contributed by atoms with Gasteiger partial charge in [-0.05, 0) is 0 Å². The van der Waals surface area contributed by atoms with Crippen molar-refractivity contribution in [3.05, 3.63) is 0 Å². The smallest absolute Gasteiger partial charge is 0.449 e. The number of halogens is 5. The molecule has 0 aromatic rings. The van der Waals surface area contributed by atoms with Gasteiger partial charge in [0.25, 0.3) is 0 Å². The summed E-state index contributed by atoms with van der Waals surface area (Å²) >= 11 is 0. The topological polar surface area (TPSA) is 0 Å². The van der Waals surface area contributed by atoms with Gasteiger partial charge in [0.1, 0.15) is 0 Å². The molecule has 0 amide bonds. The van der Waals surface area contributed by atoms with E-state index in [1.54, 1.807) is 0 Å². The highest BCUT2D eigenvalue weighted by molar-refractivity contribution is 6.60. The van der Waals surface area contributed by atoms with Crippen LogP contribution in [0.25, 0.3) is 0 Å². The Morgan fingerprint density at radius 3 is 2.15 bits per heavy atom. The van der Waals surface area contributed by atoms with Crippen molar-refractivity contribution in [2.75, 3.05) is 0 Å². The molecule has 13 heavy (non-hydrogen) atoms. The molecule has 0 radical (unpaired) electrons. The van der Waals surface area contributed by atoms with E-state index in [1.807, 2.05) is 0 Å². The van der Waals surface area contributed by atoms with Gasteiger partial charge in [0, 0.05) is 12.8 Å². The van der Waals surface area contributed by atoms with Crippen molar-refractivity contribution >= 4 is 6.98 Å². The molecule has 1 saturated carbocycles. The Morgan fingerprint density at radius 2 is 1.62 bits per heavy atom. The van der Waals surface area contributed by atoms with Gasteiger partial charge < -0.3 is 12.9 Å². The Hall–Kier alpha value is -0.285. The normalized spacial score (nSPS) is 29.8. The molecule has 1 aliphatic rings. The van der Waals surface area contributed by atoms with Gasteiger partial charge in [-0.3, -0.25) is 0 Å². The van der Waals surface area contributed by atoms with Crippen LogP contribution >= 0.6 is 0 Å². The van der Waals surface area contributed by atoms with E-state index in [0.717, 1.165) is 0 Å². The first-order chi connectivity index (χ1) is 5.81. The van der Waals surface area contributed by atoms with Gasteiger partial charge in [-0.25, -0.2) is 8.78 Å². The molecule has 1 aliphatic carbocycles. The zero-order valence-corrected chi connectivity index (χ0v) is 7.08. The van der Waals surface area contributed by atoms with E-state index in [4.69, 9.17) is 0 Å². The van der Waals surface area contributed by atoms with Gasteiger partial charge in [-0.1, -0.05) is 25.1 Å². The molecule has 0 bridgehead atoms. The van der Waals surface area contributed by atoms with Crippen LogP contribution in [-0.2, 0) is 0 Å². The highest BCUT2D eigenvalue weighted by Crippen LogP contribution is 2.42. The third-order valence-electron chi connectivity index (χ3n) is 2.53. The average molecular weight is 201 g/mol. The number of hydrogen-bond donors (Lipinski definition) is 0. The lowest BCUT2D eigenvalue weighted by atomic mass is 9.68. The number of hydrogen-bond acceptors (Lipinski definition) is 0. The van der Waals surface area contributed by atoms with E-state index in [2.05, 4.69) is 0 Å². The van der Waals surface area contributed by atoms with Crippen LogP contribution in [0.4, 0.5) is 21.7 Å². The lowest BCUT2D eigenvalue weighted by Crippen LogP contribution is -2.24. The predicted molar refractivity (Wildman–Crippen MR) is 40.9 cm³/mol. The van der Waals surface area contributed by atoms with E-state index in [0.29, 0.717) is 0 Å². The Kier molecular flexibility index (Phi) is 2.87. The van der Waals surface area contributed by atoms with Gasteiger partial charge in [-0.15, -0.1) is 0 Å². The molecule has 0 heterocycles. The van der Waals surface area contributed by atoms with Crippen LogP contribution in [0.5, 0.6) is 0 Å². The fourth-order valence-corrected chi connectivity index (χ4v) is 1.67. The van der Waals surface area contributed by atoms with Crippen LogP contribution in [0, 0.1) is 0 Å². The summed E-state index contributed by atoms with van der Waals surface area (Å²) in [4.78, 5) is 0. The second-order valence-corrected chi connectivity index (χ2v) is 3.67. The Balaban J connectivity index is 2.55. The molecule has 0 saturated heterocycles. The quantitative estimate of drug-likeness (QED) is 0.343. The number of rotatable bonds is 1. The first-order valence-corrected chi connectivity index (χ1v) is 4.39. The number of alkyl halides is 2. The monoisotopic (exact) mass is 201 g/mol. The third-order valence-corrected chi connectivity index (χ3v) is 2.53. The summed E-state index contributed by atoms with van der Waals surface area (Å²) in [6.45, 7) is -4.93. The maximum atomic E-state index is 12.7. The molecule has 6 heteroatoms. The molecule has 0 aromatic heterocycles. The summed E-state index contributed by atoms with van der Waals surface area (Å²) in [6, 6.07) is 0. The van der Waals surface area contributed by atoms with E-state index in [9.17, 15) is 21.7 Å². The Morgan fingerprint density at radius 1 is 1.00 bits per heavy atom. The molecular formula is C7H11BF5-. The van der Waals surface area contributed by atoms with Crippen LogP contribution in [0.3, 0.4) is 0 Å². The molecule has 1 atom stereocenters. The first-order valence-electron chi connectivity index (χ1n) is 4.39. The minimum absolute atomic E-state index is 0.0150. The summed E-state index contributed by atoms with van der Waals surface area (Å²) in [7, 11) is 0. The Bertz CT molecular complexity index is 176. The predicted octanol–water partition coefficient (Wildman–Crippen LogP) is 3.80. The zero-order valence-electron chi connectivity index (χ0n) is 7.08. The second-order valence-electron chi connectivity index (χ2n) is 3.67. The van der Waals surface area contributed by atoms with E-state index in [-0.39, 0.29) is 12.8 Å². The van der Waals surface area contributed by atoms with Gasteiger partial charge in [0.2, 0.25) is 5.92 Å². The largest absolute Gasteiger partial charge is 0.481 e. The van der Waals surface area contributed by atoms with Gasteiger partial charge in [-0.2, -0.15) is 0 Å². The SMILES string of the molecule is F[B-](F)(F)C1CCCC(F)(F)CC1. The van der Waals surface area contributed by atoms with Gasteiger partial charge >= 0.3 is 6.98 Å². The lowest BCUT2D eigenvalue weighted by molar-refractivity contribution is -0.0139. The fourth-order valence-electron chi connectivity index (χ4n) is 1.67. The van der Waals surface area contributed by atoms with Crippen LogP contribution in [0.15, 0.2) is 0 Å². The van der Waals surface area contributed by atoms with Crippen molar-refractivity contribution in [1.82, 2.24) is 0 Å². The van der Waals surface area contributed by atoms with Crippen molar-refractivity contribution in [1.29, 1.82) is 0 Å². The van der Waals surface area contributed by atoms with E-state index >= 15 is 0 Å². The van der Waals surface area contributed by atoms with Gasteiger partial charge in [0.15, 0.2) is 0 Å². The standard InChI is InChI=1S/C7H11BF5/c9-7(10)4-1-2-6(3-5-7)8(11,12)13/h6H,1-5H2/q-1. The molecule has 0 aromatic carbocycles. The minimum Gasteiger partial charge on any atom is -0.449 e. The summed E-state index contributed by atoms with van der Waals surface area (Å²) in [5.74, 6) is -4.34. The Labute approximate surface area is 73.6 Å². The third kappa shape index (κ3) is 3.16. The first kappa shape index (κ1) is 10.8. The summed E-state index contributed by atoms with van der Waals surface area (Å²) < 4.78 is 61.9. The van der Waals surface area contributed by atoms with E-state index < -0.39 is 38.0 Å². The molecular weight excluding hydrogens is 190 g/mol. The fraction of sp³-hybridized carbons (Fsp3) is 1.00. The average Bonchev–Trinajstić information content (AvgIpc) is 2.08. The summed E-state index contributed by atoms with van der Waals surface area (Å²) in [5.41, 5.74) is 0. The van der Waals surface area contributed by atoms with Crippen LogP contribution in [-0.4, -0.2) is 12.9 Å². The molecule has 0 aliphatic heterocycles. The second kappa shape index (κ2) is 3.46. The molecule has 0 spiro atoms. The van der Waals surface area contributed by atoms with Crippen molar-refractivity contribution in [2.45, 2.75) is 43.8 Å². The zero-order chi connectivity index (χ0) is 10.1. The molecule has 0 N–H and O–H groups in total. The molecule has 0 nitrogen and oxygen atoms in total. The maximum Gasteiger partial charge on any atom is 0.481 e. The molecule has 1 fully saturated rings. The van der Waals surface area contributed by atoms with Gasteiger partial charge in [0.05, 0.1) is 0 Å². The summed E-state index contributed by atoms with van der Waals surface area (Å²) in [6.07, 6.45) is -1.55. The van der Waals surface area contributed by atoms with Crippen molar-refractivity contribution in [2.24, 2.45) is 0 Å². The molecule has 78 valence electrons. The summed E-state index contributed by atoms with van der Waals surface area (Å²) in [5, 5.41) is 0. The van der Waals surface area contributed by atoms with Crippen molar-refractivity contribution < 1.29 is 21.7 Å². The molecule has 1 unspecified atom stereocenters. The molecule has 1 rings (SSSR count). The van der Waals surface area contributed by atoms with Crippen LogP contribution in [0.1, 0.15) is 32.1 Å². The van der Waals surface area contributed by atoms with Crippen molar-refractivity contribution in [3.8, 4) is 0 Å². The highest BCUT2D eigenvalue weighted by atomic mass is 19.4. The lowest BCUT2D eigenvalue weighted by Gasteiger charge is -2.24. The maximum absolute atomic E-state index is 12.7.